The zero-order chi connectivity index (χ0) is 23.2. The fourth-order valence-electron chi connectivity index (χ4n) is 4.45. The number of carbonyl (C=O) groups excluding carboxylic acids is 1. The molecule has 2 aromatic carbocycles. The number of aromatic nitrogens is 2. The molecule has 0 aliphatic carbocycles. The van der Waals surface area contributed by atoms with Gasteiger partial charge >= 0.3 is 0 Å². The molecule has 0 radical (unpaired) electrons. The van der Waals surface area contributed by atoms with Crippen molar-refractivity contribution in [3.05, 3.63) is 66.4 Å². The van der Waals surface area contributed by atoms with Crippen LogP contribution in [0.15, 0.2) is 60.8 Å². The SMILES string of the molecule is O=C(Nc1ccccc1-c1ccn(CC2COC2)n1)c1ccc(OCCN2CCCCC2)cc1. The lowest BCUT2D eigenvalue weighted by atomic mass is 10.1. The third-order valence-corrected chi connectivity index (χ3v) is 6.49. The summed E-state index contributed by atoms with van der Waals surface area (Å²) >= 11 is 0. The quantitative estimate of drug-likeness (QED) is 0.515. The summed E-state index contributed by atoms with van der Waals surface area (Å²) in [5.74, 6) is 1.16. The van der Waals surface area contributed by atoms with E-state index in [9.17, 15) is 4.79 Å². The molecule has 3 heterocycles. The van der Waals surface area contributed by atoms with Crippen LogP contribution < -0.4 is 10.1 Å². The summed E-state index contributed by atoms with van der Waals surface area (Å²) in [6, 6.07) is 17.1. The van der Waals surface area contributed by atoms with Gasteiger partial charge in [-0.1, -0.05) is 24.6 Å². The summed E-state index contributed by atoms with van der Waals surface area (Å²) in [6.45, 7) is 6.39. The van der Waals surface area contributed by atoms with E-state index < -0.39 is 0 Å². The molecule has 1 aromatic heterocycles. The number of likely N-dealkylation sites (tertiary alicyclic amines) is 1. The Hall–Kier alpha value is -3.16. The van der Waals surface area contributed by atoms with Crippen molar-refractivity contribution in [3.8, 4) is 17.0 Å². The number of amides is 1. The smallest absolute Gasteiger partial charge is 0.255 e. The average molecular weight is 461 g/mol. The number of para-hydroxylation sites is 1. The fourth-order valence-corrected chi connectivity index (χ4v) is 4.45. The molecule has 0 spiro atoms. The first kappa shape index (κ1) is 22.6. The number of piperidine rings is 1. The Bertz CT molecular complexity index is 1090. The first-order chi connectivity index (χ1) is 16.7. The maximum atomic E-state index is 12.9. The summed E-state index contributed by atoms with van der Waals surface area (Å²) in [6.07, 6.45) is 5.89. The highest BCUT2D eigenvalue weighted by Crippen LogP contribution is 2.27. The molecular formula is C27H32N4O3. The summed E-state index contributed by atoms with van der Waals surface area (Å²) in [7, 11) is 0. The molecule has 7 nitrogen and oxygen atoms in total. The van der Waals surface area contributed by atoms with Crippen LogP contribution in [0.4, 0.5) is 5.69 Å². The van der Waals surface area contributed by atoms with Gasteiger partial charge in [0.05, 0.1) is 24.6 Å². The molecule has 7 heteroatoms. The predicted octanol–water partition coefficient (Wildman–Crippen LogP) is 4.31. The highest BCUT2D eigenvalue weighted by Gasteiger charge is 2.20. The zero-order valence-corrected chi connectivity index (χ0v) is 19.5. The van der Waals surface area contributed by atoms with E-state index in [1.807, 2.05) is 65.5 Å². The van der Waals surface area contributed by atoms with Gasteiger partial charge in [0, 0.05) is 36.3 Å². The van der Waals surface area contributed by atoms with Crippen LogP contribution >= 0.6 is 0 Å². The molecule has 1 N–H and O–H groups in total. The van der Waals surface area contributed by atoms with Crippen molar-refractivity contribution in [2.24, 2.45) is 5.92 Å². The second-order valence-corrected chi connectivity index (χ2v) is 9.10. The second kappa shape index (κ2) is 10.8. The van der Waals surface area contributed by atoms with Crippen molar-refractivity contribution < 1.29 is 14.3 Å². The van der Waals surface area contributed by atoms with E-state index in [4.69, 9.17) is 14.6 Å². The van der Waals surface area contributed by atoms with Crippen molar-refractivity contribution in [2.45, 2.75) is 25.8 Å². The Morgan fingerprint density at radius 2 is 1.82 bits per heavy atom. The highest BCUT2D eigenvalue weighted by atomic mass is 16.5. The zero-order valence-electron chi connectivity index (χ0n) is 19.5. The fraction of sp³-hybridized carbons (Fsp3) is 0.407. The monoisotopic (exact) mass is 460 g/mol. The maximum absolute atomic E-state index is 12.9. The van der Waals surface area contributed by atoms with Crippen molar-refractivity contribution >= 4 is 11.6 Å². The van der Waals surface area contributed by atoms with Gasteiger partial charge in [0.25, 0.3) is 5.91 Å². The van der Waals surface area contributed by atoms with E-state index in [1.165, 1.54) is 32.4 Å². The van der Waals surface area contributed by atoms with E-state index in [-0.39, 0.29) is 5.91 Å². The Balaban J connectivity index is 1.18. The predicted molar refractivity (Wildman–Crippen MR) is 132 cm³/mol. The van der Waals surface area contributed by atoms with Gasteiger partial charge in [0.2, 0.25) is 0 Å². The lowest BCUT2D eigenvalue weighted by Crippen LogP contribution is -2.33. The minimum absolute atomic E-state index is 0.154. The van der Waals surface area contributed by atoms with Gasteiger partial charge in [-0.25, -0.2) is 0 Å². The molecule has 0 bridgehead atoms. The van der Waals surface area contributed by atoms with Gasteiger partial charge in [-0.05, 0) is 62.3 Å². The molecule has 3 aromatic rings. The summed E-state index contributed by atoms with van der Waals surface area (Å²) in [4.78, 5) is 15.4. The Morgan fingerprint density at radius 3 is 2.59 bits per heavy atom. The standard InChI is InChI=1S/C27H32N4O3/c32-27(22-8-10-23(11-9-22)34-17-16-30-13-4-1-5-14-30)28-25-7-3-2-6-24(25)26-12-15-31(29-26)18-21-19-33-20-21/h2-3,6-12,15,21H,1,4-5,13-14,16-20H2,(H,28,32). The number of carbonyl (C=O) groups is 1. The topological polar surface area (TPSA) is 68.6 Å². The average Bonchev–Trinajstić information content (AvgIpc) is 3.31. The van der Waals surface area contributed by atoms with Crippen molar-refractivity contribution in [3.63, 3.8) is 0 Å². The normalized spacial score (nSPS) is 16.7. The van der Waals surface area contributed by atoms with Crippen LogP contribution in [0.5, 0.6) is 5.75 Å². The first-order valence-electron chi connectivity index (χ1n) is 12.2. The number of rotatable bonds is 9. The highest BCUT2D eigenvalue weighted by molar-refractivity contribution is 6.06. The van der Waals surface area contributed by atoms with Crippen LogP contribution in [0, 0.1) is 5.92 Å². The summed E-state index contributed by atoms with van der Waals surface area (Å²) < 4.78 is 13.1. The van der Waals surface area contributed by atoms with Crippen LogP contribution in [-0.2, 0) is 11.3 Å². The largest absolute Gasteiger partial charge is 0.492 e. The Kier molecular flexibility index (Phi) is 7.22. The summed E-state index contributed by atoms with van der Waals surface area (Å²) in [5, 5.41) is 7.75. The Labute approximate surface area is 200 Å². The van der Waals surface area contributed by atoms with Crippen LogP contribution in [0.25, 0.3) is 11.3 Å². The molecule has 5 rings (SSSR count). The van der Waals surface area contributed by atoms with Gasteiger partial charge in [-0.3, -0.25) is 14.4 Å². The molecule has 2 aliphatic rings. The lowest BCUT2D eigenvalue weighted by molar-refractivity contribution is -0.0408. The number of nitrogens with one attached hydrogen (secondary N) is 1. The number of ether oxygens (including phenoxy) is 2. The molecule has 2 fully saturated rings. The third-order valence-electron chi connectivity index (χ3n) is 6.49. The molecule has 1 amide bonds. The minimum atomic E-state index is -0.154. The molecule has 2 saturated heterocycles. The number of nitrogens with zero attached hydrogens (tertiary/aromatic N) is 3. The van der Waals surface area contributed by atoms with Crippen LogP contribution in [0.1, 0.15) is 29.6 Å². The van der Waals surface area contributed by atoms with Gasteiger partial charge in [0.15, 0.2) is 0 Å². The molecule has 0 unspecified atom stereocenters. The van der Waals surface area contributed by atoms with Gasteiger partial charge in [-0.15, -0.1) is 0 Å². The lowest BCUT2D eigenvalue weighted by Gasteiger charge is -2.26. The second-order valence-electron chi connectivity index (χ2n) is 9.10. The Morgan fingerprint density at radius 1 is 1.03 bits per heavy atom. The van der Waals surface area contributed by atoms with Crippen molar-refractivity contribution in [1.82, 2.24) is 14.7 Å². The van der Waals surface area contributed by atoms with Gasteiger partial charge in [0.1, 0.15) is 12.4 Å². The molecule has 178 valence electrons. The van der Waals surface area contributed by atoms with E-state index in [2.05, 4.69) is 10.2 Å². The van der Waals surface area contributed by atoms with Gasteiger partial charge in [-0.2, -0.15) is 5.10 Å². The number of hydrogen-bond donors (Lipinski definition) is 1. The van der Waals surface area contributed by atoms with E-state index in [0.29, 0.717) is 18.1 Å². The van der Waals surface area contributed by atoms with E-state index in [0.717, 1.165) is 49.0 Å². The third kappa shape index (κ3) is 5.66. The van der Waals surface area contributed by atoms with Crippen LogP contribution in [0.2, 0.25) is 0 Å². The van der Waals surface area contributed by atoms with Crippen LogP contribution in [-0.4, -0.2) is 60.0 Å². The molecule has 2 aliphatic heterocycles. The van der Waals surface area contributed by atoms with Gasteiger partial charge < -0.3 is 14.8 Å². The summed E-state index contributed by atoms with van der Waals surface area (Å²) in [5.41, 5.74) is 3.08. The van der Waals surface area contributed by atoms with E-state index >= 15 is 0 Å². The number of anilines is 1. The van der Waals surface area contributed by atoms with Crippen molar-refractivity contribution in [1.29, 1.82) is 0 Å². The molecular weight excluding hydrogens is 428 g/mol. The molecule has 0 atom stereocenters. The number of hydrogen-bond acceptors (Lipinski definition) is 5. The van der Waals surface area contributed by atoms with Crippen molar-refractivity contribution in [2.75, 3.05) is 44.8 Å². The van der Waals surface area contributed by atoms with E-state index in [1.54, 1.807) is 0 Å². The minimum Gasteiger partial charge on any atom is -0.492 e. The molecule has 34 heavy (non-hydrogen) atoms. The first-order valence-corrected chi connectivity index (χ1v) is 12.2. The van der Waals surface area contributed by atoms with Crippen LogP contribution in [0.3, 0.4) is 0 Å². The molecule has 0 saturated carbocycles. The number of benzene rings is 2. The maximum Gasteiger partial charge on any atom is 0.255 e.